The Kier molecular flexibility index (Phi) is 6.58. The standard InChI is InChI=1S/C20H28N4O5/c1-5-29-19(26)16-17(13-6-7-14(27-3)15(12-13)28-4)21-20(22-18(16)25)24-10-8-23(2)9-11-24/h6-7,12,16-17H,5,8-11H2,1-4H3,(H,21,22,25)/t16-,17-/m0/s1. The quantitative estimate of drug-likeness (QED) is 0.569. The lowest BCUT2D eigenvalue weighted by Crippen LogP contribution is -2.56. The third kappa shape index (κ3) is 4.45. The number of nitrogens with zero attached hydrogens (tertiary/aromatic N) is 3. The molecule has 1 N–H and O–H groups in total. The van der Waals surface area contributed by atoms with Crippen molar-refractivity contribution in [3.63, 3.8) is 0 Å². The Morgan fingerprint density at radius 2 is 1.86 bits per heavy atom. The number of guanidine groups is 1. The maximum atomic E-state index is 12.9. The summed E-state index contributed by atoms with van der Waals surface area (Å²) in [4.78, 5) is 34.5. The molecule has 2 heterocycles. The highest BCUT2D eigenvalue weighted by Crippen LogP contribution is 2.36. The van der Waals surface area contributed by atoms with Gasteiger partial charge in [0.2, 0.25) is 11.9 Å². The van der Waals surface area contributed by atoms with E-state index in [1.807, 2.05) is 4.90 Å². The first-order valence-corrected chi connectivity index (χ1v) is 9.69. The smallest absolute Gasteiger partial charge is 0.321 e. The average Bonchev–Trinajstić information content (AvgIpc) is 2.73. The molecule has 0 aliphatic carbocycles. The van der Waals surface area contributed by atoms with Gasteiger partial charge in [0.25, 0.3) is 0 Å². The molecule has 0 spiro atoms. The molecule has 0 aromatic heterocycles. The fourth-order valence-electron chi connectivity index (χ4n) is 3.52. The van der Waals surface area contributed by atoms with Crippen LogP contribution in [0.2, 0.25) is 0 Å². The van der Waals surface area contributed by atoms with E-state index in [-0.39, 0.29) is 6.61 Å². The van der Waals surface area contributed by atoms with Crippen molar-refractivity contribution in [3.8, 4) is 11.5 Å². The summed E-state index contributed by atoms with van der Waals surface area (Å²) in [5, 5.41) is 2.80. The lowest BCUT2D eigenvalue weighted by molar-refractivity contribution is -0.153. The van der Waals surface area contributed by atoms with Crippen molar-refractivity contribution in [2.75, 3.05) is 54.1 Å². The molecular formula is C20H28N4O5. The normalized spacial score (nSPS) is 22.6. The Labute approximate surface area is 170 Å². The van der Waals surface area contributed by atoms with Gasteiger partial charge >= 0.3 is 5.97 Å². The van der Waals surface area contributed by atoms with Crippen LogP contribution < -0.4 is 14.8 Å². The minimum absolute atomic E-state index is 0.191. The highest BCUT2D eigenvalue weighted by atomic mass is 16.5. The molecule has 1 fully saturated rings. The lowest BCUT2D eigenvalue weighted by Gasteiger charge is -2.37. The molecule has 2 aliphatic rings. The van der Waals surface area contributed by atoms with E-state index < -0.39 is 23.8 Å². The SMILES string of the molecule is CCOC(=O)[C@@H]1C(=O)NC(N2CCN(C)CC2)=N[C@H]1c1ccc(OC)c(OC)c1. The van der Waals surface area contributed by atoms with Crippen LogP contribution in [0, 0.1) is 5.92 Å². The highest BCUT2D eigenvalue weighted by Gasteiger charge is 2.42. The summed E-state index contributed by atoms with van der Waals surface area (Å²) in [6.07, 6.45) is 0. The predicted molar refractivity (Wildman–Crippen MR) is 107 cm³/mol. The maximum absolute atomic E-state index is 12.9. The van der Waals surface area contributed by atoms with Crippen molar-refractivity contribution >= 4 is 17.8 Å². The summed E-state index contributed by atoms with van der Waals surface area (Å²) in [6, 6.07) is 4.58. The van der Waals surface area contributed by atoms with E-state index in [0.717, 1.165) is 26.2 Å². The molecule has 9 nitrogen and oxygen atoms in total. The second-order valence-corrected chi connectivity index (χ2v) is 7.02. The van der Waals surface area contributed by atoms with Gasteiger partial charge in [0.05, 0.1) is 20.8 Å². The van der Waals surface area contributed by atoms with Crippen molar-refractivity contribution in [2.24, 2.45) is 10.9 Å². The Morgan fingerprint density at radius 1 is 1.17 bits per heavy atom. The second kappa shape index (κ2) is 9.13. The van der Waals surface area contributed by atoms with Crippen LogP contribution in [0.4, 0.5) is 0 Å². The first-order valence-electron chi connectivity index (χ1n) is 9.69. The van der Waals surface area contributed by atoms with Crippen LogP contribution in [0.25, 0.3) is 0 Å². The molecule has 9 heteroatoms. The third-order valence-corrected chi connectivity index (χ3v) is 5.19. The lowest BCUT2D eigenvalue weighted by atomic mass is 9.91. The van der Waals surface area contributed by atoms with Gasteiger partial charge in [-0.3, -0.25) is 14.9 Å². The molecule has 29 heavy (non-hydrogen) atoms. The van der Waals surface area contributed by atoms with Crippen molar-refractivity contribution in [2.45, 2.75) is 13.0 Å². The Bertz CT molecular complexity index is 789. The largest absolute Gasteiger partial charge is 0.493 e. The zero-order valence-electron chi connectivity index (χ0n) is 17.3. The Morgan fingerprint density at radius 3 is 2.48 bits per heavy atom. The summed E-state index contributed by atoms with van der Waals surface area (Å²) in [5.41, 5.74) is 0.683. The molecule has 0 unspecified atom stereocenters. The van der Waals surface area contributed by atoms with Gasteiger partial charge in [-0.15, -0.1) is 0 Å². The van der Waals surface area contributed by atoms with E-state index in [4.69, 9.17) is 19.2 Å². The number of carbonyl (C=O) groups is 2. The number of amides is 1. The van der Waals surface area contributed by atoms with Crippen molar-refractivity contribution in [3.05, 3.63) is 23.8 Å². The van der Waals surface area contributed by atoms with Crippen LogP contribution in [0.3, 0.4) is 0 Å². The molecule has 0 radical (unpaired) electrons. The van der Waals surface area contributed by atoms with Gasteiger partial charge in [0.1, 0.15) is 6.04 Å². The summed E-state index contributed by atoms with van der Waals surface area (Å²) in [6.45, 7) is 5.14. The van der Waals surface area contributed by atoms with E-state index in [1.54, 1.807) is 32.2 Å². The van der Waals surface area contributed by atoms with Crippen LogP contribution in [-0.2, 0) is 14.3 Å². The fourth-order valence-corrected chi connectivity index (χ4v) is 3.52. The minimum atomic E-state index is -1.07. The number of carbonyl (C=O) groups excluding carboxylic acids is 2. The number of likely N-dealkylation sites (N-methyl/N-ethyl adjacent to an activating group) is 1. The van der Waals surface area contributed by atoms with Crippen molar-refractivity contribution < 1.29 is 23.8 Å². The van der Waals surface area contributed by atoms with Crippen LogP contribution in [0.5, 0.6) is 11.5 Å². The number of hydrogen-bond acceptors (Lipinski definition) is 8. The third-order valence-electron chi connectivity index (χ3n) is 5.19. The summed E-state index contributed by atoms with van der Waals surface area (Å²) < 4.78 is 15.8. The van der Waals surface area contributed by atoms with Crippen LogP contribution in [0.1, 0.15) is 18.5 Å². The monoisotopic (exact) mass is 404 g/mol. The van der Waals surface area contributed by atoms with Gasteiger partial charge in [-0.25, -0.2) is 4.99 Å². The summed E-state index contributed by atoms with van der Waals surface area (Å²) in [5.74, 6) is -0.506. The van der Waals surface area contributed by atoms with Gasteiger partial charge in [-0.05, 0) is 31.7 Å². The Balaban J connectivity index is 1.99. The van der Waals surface area contributed by atoms with Crippen LogP contribution >= 0.6 is 0 Å². The van der Waals surface area contributed by atoms with E-state index in [0.29, 0.717) is 23.0 Å². The average molecular weight is 404 g/mol. The van der Waals surface area contributed by atoms with Crippen molar-refractivity contribution in [1.29, 1.82) is 0 Å². The molecule has 158 valence electrons. The zero-order chi connectivity index (χ0) is 21.0. The number of esters is 1. The molecule has 2 aliphatic heterocycles. The van der Waals surface area contributed by atoms with Crippen molar-refractivity contribution in [1.82, 2.24) is 15.1 Å². The number of methoxy groups -OCH3 is 2. The number of hydrogen-bond donors (Lipinski definition) is 1. The first-order chi connectivity index (χ1) is 14.0. The number of nitrogens with one attached hydrogen (secondary N) is 1. The fraction of sp³-hybridized carbons (Fsp3) is 0.550. The molecule has 1 amide bonds. The van der Waals surface area contributed by atoms with Gasteiger partial charge in [0.15, 0.2) is 17.4 Å². The topological polar surface area (TPSA) is 92.7 Å². The minimum Gasteiger partial charge on any atom is -0.493 e. The molecule has 2 atom stereocenters. The molecule has 0 saturated carbocycles. The molecule has 1 saturated heterocycles. The van der Waals surface area contributed by atoms with Gasteiger partial charge in [-0.1, -0.05) is 6.07 Å². The van der Waals surface area contributed by atoms with E-state index in [1.165, 1.54) is 7.11 Å². The highest BCUT2D eigenvalue weighted by molar-refractivity contribution is 6.08. The van der Waals surface area contributed by atoms with Gasteiger partial charge in [-0.2, -0.15) is 0 Å². The summed E-state index contributed by atoms with van der Waals surface area (Å²) >= 11 is 0. The molecule has 1 aromatic rings. The predicted octanol–water partition coefficient (Wildman–Crippen LogP) is 0.657. The van der Waals surface area contributed by atoms with Gasteiger partial charge < -0.3 is 24.0 Å². The van der Waals surface area contributed by atoms with E-state index in [2.05, 4.69) is 17.3 Å². The number of piperazine rings is 1. The number of aliphatic imine (C=N–C) groups is 1. The first kappa shape index (κ1) is 20.9. The molecule has 1 aromatic carbocycles. The zero-order valence-corrected chi connectivity index (χ0v) is 17.3. The Hall–Kier alpha value is -2.81. The van der Waals surface area contributed by atoms with Crippen LogP contribution in [-0.4, -0.2) is 81.7 Å². The summed E-state index contributed by atoms with van der Waals surface area (Å²) in [7, 11) is 5.15. The maximum Gasteiger partial charge on any atom is 0.321 e. The second-order valence-electron chi connectivity index (χ2n) is 7.02. The van der Waals surface area contributed by atoms with Gasteiger partial charge in [0, 0.05) is 26.2 Å². The number of benzene rings is 1. The number of ether oxygens (including phenoxy) is 3. The van der Waals surface area contributed by atoms with E-state index >= 15 is 0 Å². The van der Waals surface area contributed by atoms with E-state index in [9.17, 15) is 9.59 Å². The van der Waals surface area contributed by atoms with Crippen LogP contribution in [0.15, 0.2) is 23.2 Å². The molecule has 0 bridgehead atoms. The molecule has 3 rings (SSSR count). The number of rotatable bonds is 5. The molecular weight excluding hydrogens is 376 g/mol.